The second-order valence-corrected chi connectivity index (χ2v) is 7.14. The zero-order chi connectivity index (χ0) is 18.8. The first-order valence-corrected chi connectivity index (χ1v) is 9.81. The molecule has 1 N–H and O–H groups in total. The molecule has 0 amide bonds. The molecule has 1 heterocycles. The maximum Gasteiger partial charge on any atom is 0.322 e. The molecule has 0 unspecified atom stereocenters. The molecule has 0 aliphatic rings. The van der Waals surface area contributed by atoms with Gasteiger partial charge in [-0.2, -0.15) is 0 Å². The van der Waals surface area contributed by atoms with Crippen molar-refractivity contribution in [2.45, 2.75) is 63.7 Å². The average molecular weight is 375 g/mol. The Morgan fingerprint density at radius 1 is 1.04 bits per heavy atom. The monoisotopic (exact) mass is 374 g/mol. The van der Waals surface area contributed by atoms with E-state index in [1.54, 1.807) is 12.4 Å². The van der Waals surface area contributed by atoms with Crippen LogP contribution in [-0.4, -0.2) is 26.4 Å². The number of unbranched alkanes of at least 4 members (excludes halogenated alkanes) is 5. The predicted molar refractivity (Wildman–Crippen MR) is 106 cm³/mol. The van der Waals surface area contributed by atoms with Crippen molar-refractivity contribution in [3.05, 3.63) is 47.9 Å². The molecule has 0 radical (unpaired) electrons. The van der Waals surface area contributed by atoms with Gasteiger partial charge in [0.25, 0.3) is 0 Å². The Kier molecular flexibility index (Phi) is 8.56. The number of aromatic nitrogens is 2. The Labute approximate surface area is 160 Å². The summed E-state index contributed by atoms with van der Waals surface area (Å²) in [6, 6.07) is 8.43. The fraction of sp³-hybridized carbons (Fsp3) is 0.476. The van der Waals surface area contributed by atoms with Crippen LogP contribution in [0.15, 0.2) is 36.7 Å². The smallest absolute Gasteiger partial charge is 0.322 e. The Balaban J connectivity index is 1.84. The molecule has 2 aromatic rings. The molecule has 0 bridgehead atoms. The maximum absolute atomic E-state index is 10.8. The van der Waals surface area contributed by atoms with E-state index in [-0.39, 0.29) is 6.42 Å². The third-order valence-electron chi connectivity index (χ3n) is 4.43. The van der Waals surface area contributed by atoms with Crippen molar-refractivity contribution in [2.24, 2.45) is 0 Å². The molecule has 0 saturated carbocycles. The summed E-state index contributed by atoms with van der Waals surface area (Å²) in [5.41, 5.74) is 3.72. The topological polar surface area (TPSA) is 63.1 Å². The number of carbonyl (C=O) groups is 1. The molecule has 2 rings (SSSR count). The summed E-state index contributed by atoms with van der Waals surface area (Å²) in [6.45, 7) is 2.24. The molecule has 0 spiro atoms. The lowest BCUT2D eigenvalue weighted by molar-refractivity contribution is -0.136. The van der Waals surface area contributed by atoms with E-state index in [4.69, 9.17) is 16.7 Å². The Morgan fingerprint density at radius 2 is 1.73 bits per heavy atom. The number of rotatable bonds is 11. The zero-order valence-corrected chi connectivity index (χ0v) is 16.1. The van der Waals surface area contributed by atoms with E-state index in [0.717, 1.165) is 17.7 Å². The summed E-state index contributed by atoms with van der Waals surface area (Å²) >= 11 is 5.73. The average Bonchev–Trinajstić information content (AvgIpc) is 2.65. The number of carboxylic acid groups (broad SMARTS) is 1. The summed E-state index contributed by atoms with van der Waals surface area (Å²) in [6.07, 6.45) is 12.4. The van der Waals surface area contributed by atoms with Gasteiger partial charge in [-0.3, -0.25) is 14.8 Å². The highest BCUT2D eigenvalue weighted by Crippen LogP contribution is 2.18. The molecule has 0 fully saturated rings. The molecule has 0 aliphatic heterocycles. The van der Waals surface area contributed by atoms with Gasteiger partial charge in [-0.25, -0.2) is 0 Å². The van der Waals surface area contributed by atoms with Gasteiger partial charge in [0.2, 0.25) is 0 Å². The quantitative estimate of drug-likeness (QED) is 0.429. The molecule has 26 heavy (non-hydrogen) atoms. The lowest BCUT2D eigenvalue weighted by Gasteiger charge is -2.06. The summed E-state index contributed by atoms with van der Waals surface area (Å²) in [5.74, 6) is -1.04. The lowest BCUT2D eigenvalue weighted by Crippen LogP contribution is -2.16. The largest absolute Gasteiger partial charge is 0.480 e. The van der Waals surface area contributed by atoms with Gasteiger partial charge in [0, 0.05) is 18.2 Å². The minimum absolute atomic E-state index is 0.168. The van der Waals surface area contributed by atoms with Gasteiger partial charge in [0.05, 0.1) is 17.6 Å². The van der Waals surface area contributed by atoms with E-state index in [9.17, 15) is 4.79 Å². The molecule has 0 aliphatic carbocycles. The van der Waals surface area contributed by atoms with Crippen molar-refractivity contribution >= 4 is 17.6 Å². The van der Waals surface area contributed by atoms with E-state index in [1.807, 2.05) is 0 Å². The van der Waals surface area contributed by atoms with Crippen molar-refractivity contribution in [1.82, 2.24) is 9.97 Å². The van der Waals surface area contributed by atoms with Crippen LogP contribution >= 0.6 is 11.6 Å². The van der Waals surface area contributed by atoms with Crippen LogP contribution in [0.1, 0.15) is 56.7 Å². The van der Waals surface area contributed by atoms with E-state index in [0.29, 0.717) is 5.69 Å². The van der Waals surface area contributed by atoms with E-state index < -0.39 is 11.3 Å². The number of hydrogen-bond donors (Lipinski definition) is 1. The first-order chi connectivity index (χ1) is 12.6. The normalized spacial score (nSPS) is 12.1. The third kappa shape index (κ3) is 6.75. The molecule has 140 valence electrons. The van der Waals surface area contributed by atoms with Crippen molar-refractivity contribution in [1.29, 1.82) is 0 Å². The molecule has 0 saturated heterocycles. The molecule has 1 aromatic carbocycles. The second kappa shape index (κ2) is 10.9. The maximum atomic E-state index is 10.8. The van der Waals surface area contributed by atoms with Crippen molar-refractivity contribution < 1.29 is 9.90 Å². The molecule has 1 aromatic heterocycles. The number of hydrogen-bond acceptors (Lipinski definition) is 3. The van der Waals surface area contributed by atoms with Gasteiger partial charge in [-0.05, 0) is 18.4 Å². The van der Waals surface area contributed by atoms with Crippen molar-refractivity contribution in [3.63, 3.8) is 0 Å². The number of aryl methyl sites for hydroxylation is 1. The van der Waals surface area contributed by atoms with Crippen LogP contribution in [0.2, 0.25) is 0 Å². The molecule has 1 atom stereocenters. The van der Waals surface area contributed by atoms with Gasteiger partial charge in [-0.1, -0.05) is 63.3 Å². The number of nitrogens with zero attached hydrogens (tertiary/aromatic N) is 2. The van der Waals surface area contributed by atoms with Crippen LogP contribution in [0.3, 0.4) is 0 Å². The second-order valence-electron chi connectivity index (χ2n) is 6.62. The zero-order valence-electron chi connectivity index (χ0n) is 15.3. The summed E-state index contributed by atoms with van der Waals surface area (Å²) < 4.78 is 0. The first-order valence-electron chi connectivity index (χ1n) is 9.37. The van der Waals surface area contributed by atoms with E-state index >= 15 is 0 Å². The molecular weight excluding hydrogens is 348 g/mol. The van der Waals surface area contributed by atoms with Crippen molar-refractivity contribution in [3.8, 4) is 11.3 Å². The minimum Gasteiger partial charge on any atom is -0.480 e. The van der Waals surface area contributed by atoms with Crippen molar-refractivity contribution in [2.75, 3.05) is 0 Å². The standard InChI is InChI=1S/C21H27ClN2O2/c1-2-3-4-5-6-7-8-16-9-11-17(12-10-16)20-15-23-18(14-24-20)13-19(22)21(25)26/h9-12,14-15,19H,2-8,13H2,1H3,(H,25,26)/t19-/m1/s1. The Hall–Kier alpha value is -1.94. The minimum atomic E-state index is -1.04. The third-order valence-corrected chi connectivity index (χ3v) is 4.77. The van der Waals surface area contributed by atoms with Crippen LogP contribution in [0.25, 0.3) is 11.3 Å². The van der Waals surface area contributed by atoms with Gasteiger partial charge < -0.3 is 5.11 Å². The highest BCUT2D eigenvalue weighted by atomic mass is 35.5. The molecular formula is C21H27ClN2O2. The van der Waals surface area contributed by atoms with Crippen LogP contribution in [0, 0.1) is 0 Å². The van der Waals surface area contributed by atoms with Gasteiger partial charge >= 0.3 is 5.97 Å². The van der Waals surface area contributed by atoms with E-state index in [2.05, 4.69) is 41.2 Å². The van der Waals surface area contributed by atoms with Crippen LogP contribution in [0.4, 0.5) is 0 Å². The number of halogens is 1. The van der Waals surface area contributed by atoms with Crippen LogP contribution in [-0.2, 0) is 17.6 Å². The summed E-state index contributed by atoms with van der Waals surface area (Å²) in [5, 5.41) is 7.86. The fourth-order valence-corrected chi connectivity index (χ4v) is 2.99. The Morgan fingerprint density at radius 3 is 2.35 bits per heavy atom. The SMILES string of the molecule is CCCCCCCCc1ccc(-c2cnc(C[C@@H](Cl)C(=O)O)cn2)cc1. The number of alkyl halides is 1. The molecule has 5 heteroatoms. The predicted octanol–water partition coefficient (Wildman–Crippen LogP) is 5.28. The van der Waals surface area contributed by atoms with Gasteiger partial charge in [0.1, 0.15) is 5.38 Å². The number of aliphatic carboxylic acids is 1. The summed E-state index contributed by atoms with van der Waals surface area (Å²) in [7, 11) is 0. The van der Waals surface area contributed by atoms with Gasteiger partial charge in [0.15, 0.2) is 0 Å². The summed E-state index contributed by atoms with van der Waals surface area (Å²) in [4.78, 5) is 19.4. The van der Waals surface area contributed by atoms with Crippen LogP contribution < -0.4 is 0 Å². The lowest BCUT2D eigenvalue weighted by atomic mass is 10.0. The molecule has 4 nitrogen and oxygen atoms in total. The van der Waals surface area contributed by atoms with Gasteiger partial charge in [-0.15, -0.1) is 11.6 Å². The van der Waals surface area contributed by atoms with Crippen LogP contribution in [0.5, 0.6) is 0 Å². The van der Waals surface area contributed by atoms with E-state index in [1.165, 1.54) is 44.1 Å². The first kappa shape index (κ1) is 20.4. The number of carboxylic acids is 1. The highest BCUT2D eigenvalue weighted by molar-refractivity contribution is 6.29. The highest BCUT2D eigenvalue weighted by Gasteiger charge is 2.15. The Bertz CT molecular complexity index is 671. The number of benzene rings is 1. The fourth-order valence-electron chi connectivity index (χ4n) is 2.83.